The normalized spacial score (nSPS) is 20.7. The summed E-state index contributed by atoms with van der Waals surface area (Å²) >= 11 is 25.2. The van der Waals surface area contributed by atoms with Crippen LogP contribution in [0.15, 0.2) is 0 Å². The van der Waals surface area contributed by atoms with E-state index in [0.717, 1.165) is 6.42 Å². The fourth-order valence-corrected chi connectivity index (χ4v) is 5.97. The molecule has 0 aliphatic heterocycles. The molecule has 0 aromatic rings. The highest BCUT2D eigenvalue weighted by Gasteiger charge is 2.34. The number of alkyl halides is 5. The summed E-state index contributed by atoms with van der Waals surface area (Å²) in [7, 11) is -5.55. The van der Waals surface area contributed by atoms with Gasteiger partial charge in [0.1, 0.15) is 0 Å². The lowest BCUT2D eigenvalue weighted by Gasteiger charge is -2.27. The molecular formula is C18H35Br2Cl3O7P2. The molecule has 0 fully saturated rings. The molecule has 0 aliphatic carbocycles. The molecule has 194 valence electrons. The summed E-state index contributed by atoms with van der Waals surface area (Å²) in [5.41, 5.74) is 0. The van der Waals surface area contributed by atoms with Crippen LogP contribution in [-0.4, -0.2) is 65.4 Å². The van der Waals surface area contributed by atoms with Gasteiger partial charge in [-0.2, -0.15) is 0 Å². The maximum atomic E-state index is 13.1. The van der Waals surface area contributed by atoms with Crippen LogP contribution in [0, 0.1) is 5.92 Å². The molecule has 0 heterocycles. The van der Waals surface area contributed by atoms with Gasteiger partial charge in [-0.25, -0.2) is 4.57 Å². The van der Waals surface area contributed by atoms with Gasteiger partial charge in [-0.15, -0.1) is 34.8 Å². The molecule has 0 aromatic carbocycles. The van der Waals surface area contributed by atoms with Crippen LogP contribution in [0.25, 0.3) is 0 Å². The van der Waals surface area contributed by atoms with E-state index in [0.29, 0.717) is 5.33 Å². The largest absolute Gasteiger partial charge is 0.474 e. The van der Waals surface area contributed by atoms with Crippen LogP contribution in [0.1, 0.15) is 41.0 Å². The molecule has 0 bridgehead atoms. The highest BCUT2D eigenvalue weighted by molar-refractivity contribution is 9.09. The lowest BCUT2D eigenvalue weighted by Crippen LogP contribution is -2.30. The molecule has 0 saturated heterocycles. The summed E-state index contributed by atoms with van der Waals surface area (Å²) in [4.78, 5) is -1.08. The van der Waals surface area contributed by atoms with Crippen LogP contribution < -0.4 is 0 Å². The second-order valence-corrected chi connectivity index (χ2v) is 15.1. The predicted molar refractivity (Wildman–Crippen MR) is 141 cm³/mol. The Morgan fingerprint density at radius 2 is 1.47 bits per heavy atom. The zero-order chi connectivity index (χ0) is 24.8. The maximum absolute atomic E-state index is 13.1. The lowest BCUT2D eigenvalue weighted by atomic mass is 10.1. The number of phosphoric acid groups is 1. The van der Waals surface area contributed by atoms with Crippen molar-refractivity contribution in [2.75, 3.05) is 45.0 Å². The van der Waals surface area contributed by atoms with E-state index in [2.05, 4.69) is 31.9 Å². The van der Waals surface area contributed by atoms with E-state index < -0.39 is 21.3 Å². The van der Waals surface area contributed by atoms with Crippen LogP contribution in [0.2, 0.25) is 0 Å². The Balaban J connectivity index is 4.92. The van der Waals surface area contributed by atoms with Crippen molar-refractivity contribution in [1.29, 1.82) is 0 Å². The smallest absolute Gasteiger partial charge is 0.311 e. The van der Waals surface area contributed by atoms with Gasteiger partial charge in [-0.05, 0) is 26.7 Å². The SMILES string of the molecule is CCC(CBr)COP(=O)(OCC(C)Br)OCC(C)(Cl)COP(OCC(C)Cl)OCC(C)Cl. The van der Waals surface area contributed by atoms with Crippen molar-refractivity contribution in [1.82, 2.24) is 0 Å². The molecule has 0 radical (unpaired) electrons. The van der Waals surface area contributed by atoms with E-state index in [1.807, 2.05) is 13.8 Å². The Bertz CT molecular complexity index is 519. The third-order valence-electron chi connectivity index (χ3n) is 3.54. The molecule has 0 rings (SSSR count). The summed E-state index contributed by atoms with van der Waals surface area (Å²) in [6.45, 7) is 9.88. The van der Waals surface area contributed by atoms with Gasteiger partial charge in [0, 0.05) is 10.2 Å². The van der Waals surface area contributed by atoms with Gasteiger partial charge in [0.25, 0.3) is 0 Å². The van der Waals surface area contributed by atoms with Crippen molar-refractivity contribution < 1.29 is 31.7 Å². The molecule has 0 saturated carbocycles. The second-order valence-electron chi connectivity index (χ2n) is 7.58. The molecule has 6 unspecified atom stereocenters. The molecule has 0 spiro atoms. The number of hydrogen-bond acceptors (Lipinski definition) is 7. The zero-order valence-electron chi connectivity index (χ0n) is 19.1. The molecular weight excluding hydrogens is 656 g/mol. The van der Waals surface area contributed by atoms with Gasteiger partial charge in [-0.1, -0.05) is 52.1 Å². The monoisotopic (exact) mass is 688 g/mol. The number of phosphoric ester groups is 1. The zero-order valence-corrected chi connectivity index (χ0v) is 26.3. The fourth-order valence-electron chi connectivity index (χ4n) is 1.66. The number of rotatable bonds is 20. The molecule has 6 atom stereocenters. The molecule has 0 aliphatic rings. The first-order chi connectivity index (χ1) is 14.8. The van der Waals surface area contributed by atoms with Gasteiger partial charge in [0.15, 0.2) is 0 Å². The van der Waals surface area contributed by atoms with Crippen LogP contribution in [0.4, 0.5) is 0 Å². The van der Waals surface area contributed by atoms with E-state index >= 15 is 0 Å². The standard InChI is InChI=1S/C18H35Br2Cl3O7P2/c1-6-17(7-19)11-29-32(24,28-8-14(2)20)30-13-18(5,23)12-27-31(25-9-15(3)21)26-10-16(4)22/h14-17H,6-13H2,1-5H3. The summed E-state index contributed by atoms with van der Waals surface area (Å²) in [6, 6.07) is 0. The Labute approximate surface area is 226 Å². The highest BCUT2D eigenvalue weighted by Crippen LogP contribution is 2.51. The van der Waals surface area contributed by atoms with Crippen LogP contribution in [-0.2, 0) is 31.7 Å². The van der Waals surface area contributed by atoms with E-state index in [4.69, 9.17) is 61.9 Å². The Hall–Kier alpha value is 2.25. The van der Waals surface area contributed by atoms with Crippen molar-refractivity contribution in [2.24, 2.45) is 5.92 Å². The van der Waals surface area contributed by atoms with E-state index in [1.54, 1.807) is 20.8 Å². The highest BCUT2D eigenvalue weighted by atomic mass is 79.9. The number of hydrogen-bond donors (Lipinski definition) is 0. The molecule has 14 heteroatoms. The first kappa shape index (κ1) is 34.2. The summed E-state index contributed by atoms with van der Waals surface area (Å²) in [5.74, 6) is 0.175. The van der Waals surface area contributed by atoms with Crippen molar-refractivity contribution in [2.45, 2.75) is 61.5 Å². The molecule has 0 N–H and O–H groups in total. The van der Waals surface area contributed by atoms with Gasteiger partial charge >= 0.3 is 16.4 Å². The van der Waals surface area contributed by atoms with Gasteiger partial charge in [0.2, 0.25) is 0 Å². The van der Waals surface area contributed by atoms with E-state index in [1.165, 1.54) is 0 Å². The molecule has 32 heavy (non-hydrogen) atoms. The topological polar surface area (TPSA) is 72.5 Å². The van der Waals surface area contributed by atoms with Gasteiger partial charge in [-0.3, -0.25) is 13.6 Å². The van der Waals surface area contributed by atoms with Crippen LogP contribution in [0.3, 0.4) is 0 Å². The third kappa shape index (κ3) is 18.5. The fraction of sp³-hybridized carbons (Fsp3) is 1.00. The first-order valence-corrected chi connectivity index (χ1v) is 16.1. The lowest BCUT2D eigenvalue weighted by molar-refractivity contribution is 0.0857. The van der Waals surface area contributed by atoms with E-state index in [9.17, 15) is 4.57 Å². The Kier molecular flexibility index (Phi) is 19.8. The molecule has 0 amide bonds. The quantitative estimate of drug-likeness (QED) is 0.0951. The van der Waals surface area contributed by atoms with Crippen LogP contribution >= 0.6 is 83.1 Å². The average molecular weight is 692 g/mol. The third-order valence-corrected chi connectivity index (χ3v) is 7.63. The average Bonchev–Trinajstić information content (AvgIpc) is 2.71. The minimum atomic E-state index is -3.83. The van der Waals surface area contributed by atoms with Crippen LogP contribution in [0.5, 0.6) is 0 Å². The summed E-state index contributed by atoms with van der Waals surface area (Å²) < 4.78 is 46.5. The maximum Gasteiger partial charge on any atom is 0.474 e. The second kappa shape index (κ2) is 18.5. The van der Waals surface area contributed by atoms with Crippen molar-refractivity contribution in [3.05, 3.63) is 0 Å². The summed E-state index contributed by atoms with van der Waals surface area (Å²) in [6.07, 6.45) is 0.854. The Morgan fingerprint density at radius 1 is 0.938 bits per heavy atom. The van der Waals surface area contributed by atoms with Crippen molar-refractivity contribution in [3.8, 4) is 0 Å². The molecule has 7 nitrogen and oxygen atoms in total. The molecule has 0 aromatic heterocycles. The summed E-state index contributed by atoms with van der Waals surface area (Å²) in [5, 5.41) is 0.287. The first-order valence-electron chi connectivity index (χ1n) is 10.2. The van der Waals surface area contributed by atoms with Crippen molar-refractivity contribution >= 4 is 83.1 Å². The Morgan fingerprint density at radius 3 is 1.91 bits per heavy atom. The number of halogens is 5. The minimum absolute atomic E-state index is 0.00141. The van der Waals surface area contributed by atoms with Gasteiger partial charge < -0.3 is 13.6 Å². The van der Waals surface area contributed by atoms with E-state index in [-0.39, 0.29) is 61.1 Å². The van der Waals surface area contributed by atoms with Crippen molar-refractivity contribution in [3.63, 3.8) is 0 Å². The minimum Gasteiger partial charge on any atom is -0.311 e. The van der Waals surface area contributed by atoms with Gasteiger partial charge in [0.05, 0.1) is 55.3 Å². The predicted octanol–water partition coefficient (Wildman–Crippen LogP) is 7.88.